The van der Waals surface area contributed by atoms with Crippen LogP contribution in [0.1, 0.15) is 52.5 Å². The first-order valence-corrected chi connectivity index (χ1v) is 11.5. The van der Waals surface area contributed by atoms with Crippen LogP contribution in [-0.2, 0) is 30.9 Å². The number of carbonyl (C=O) groups excluding carboxylic acids is 3. The van der Waals surface area contributed by atoms with Gasteiger partial charge in [-0.2, -0.15) is 0 Å². The van der Waals surface area contributed by atoms with E-state index in [-0.39, 0.29) is 23.3 Å². The normalized spacial score (nSPS) is 12.5. The molecule has 0 radical (unpaired) electrons. The van der Waals surface area contributed by atoms with E-state index in [4.69, 9.17) is 9.88 Å². The highest BCUT2D eigenvalue weighted by Crippen LogP contribution is 2.09. The maximum absolute atomic E-state index is 12.5. The number of ether oxygens (including phenoxy) is 1. The van der Waals surface area contributed by atoms with Crippen LogP contribution >= 0.6 is 0 Å². The quantitative estimate of drug-likeness (QED) is 0.387. The van der Waals surface area contributed by atoms with Crippen molar-refractivity contribution in [2.24, 2.45) is 5.14 Å². The van der Waals surface area contributed by atoms with Gasteiger partial charge in [-0.15, -0.1) is 0 Å². The summed E-state index contributed by atoms with van der Waals surface area (Å²) >= 11 is 0. The lowest BCUT2D eigenvalue weighted by molar-refractivity contribution is -0.128. The van der Waals surface area contributed by atoms with E-state index in [9.17, 15) is 22.8 Å². The van der Waals surface area contributed by atoms with E-state index < -0.39 is 27.8 Å². The number of hydrogen-bond acceptors (Lipinski definition) is 6. The summed E-state index contributed by atoms with van der Waals surface area (Å²) in [6.07, 6.45) is 1.10. The maximum Gasteiger partial charge on any atom is 0.407 e. The highest BCUT2D eigenvalue weighted by atomic mass is 32.2. The second-order valence-electron chi connectivity index (χ2n) is 8.08. The molecule has 11 heteroatoms. The minimum atomic E-state index is -3.78. The Hall–Kier alpha value is -2.66. The number of carbonyl (C=O) groups is 3. The molecule has 0 aromatic heterocycles. The molecular weight excluding hydrogens is 424 g/mol. The summed E-state index contributed by atoms with van der Waals surface area (Å²) in [6, 6.07) is 5.10. The third kappa shape index (κ3) is 11.3. The number of rotatable bonds is 10. The number of primary sulfonamides is 1. The van der Waals surface area contributed by atoms with Crippen molar-refractivity contribution in [3.05, 3.63) is 29.8 Å². The van der Waals surface area contributed by atoms with E-state index in [2.05, 4.69) is 16.0 Å². The zero-order valence-corrected chi connectivity index (χ0v) is 19.2. The van der Waals surface area contributed by atoms with Crippen LogP contribution in [0.15, 0.2) is 29.2 Å². The van der Waals surface area contributed by atoms with Crippen LogP contribution in [0.3, 0.4) is 0 Å². The Labute approximate surface area is 183 Å². The van der Waals surface area contributed by atoms with Gasteiger partial charge in [-0.05, 0) is 57.7 Å². The molecule has 0 heterocycles. The molecule has 0 saturated heterocycles. The molecule has 0 aliphatic heterocycles. The fraction of sp³-hybridized carbons (Fsp3) is 0.550. The monoisotopic (exact) mass is 456 g/mol. The molecule has 1 aromatic rings. The summed E-state index contributed by atoms with van der Waals surface area (Å²) in [6.45, 7) is 7.21. The molecule has 3 amide bonds. The van der Waals surface area contributed by atoms with Gasteiger partial charge in [0.25, 0.3) is 0 Å². The molecule has 0 fully saturated rings. The number of nitrogens with one attached hydrogen (secondary N) is 3. The van der Waals surface area contributed by atoms with Crippen LogP contribution in [0.2, 0.25) is 0 Å². The maximum atomic E-state index is 12.5. The van der Waals surface area contributed by atoms with Gasteiger partial charge >= 0.3 is 6.09 Å². The summed E-state index contributed by atoms with van der Waals surface area (Å²) in [5.41, 5.74) is 0.112. The largest absolute Gasteiger partial charge is 0.444 e. The Morgan fingerprint density at radius 2 is 1.68 bits per heavy atom. The van der Waals surface area contributed by atoms with E-state index in [1.807, 2.05) is 0 Å². The number of hydrogen-bond donors (Lipinski definition) is 4. The minimum Gasteiger partial charge on any atom is -0.444 e. The zero-order chi connectivity index (χ0) is 23.7. The molecule has 5 N–H and O–H groups in total. The fourth-order valence-corrected chi connectivity index (χ4v) is 3.12. The molecule has 1 unspecified atom stereocenters. The number of alkyl carbamates (subject to hydrolysis) is 1. The van der Waals surface area contributed by atoms with Crippen molar-refractivity contribution in [2.45, 2.75) is 70.0 Å². The molecule has 0 aliphatic rings. The van der Waals surface area contributed by atoms with Crippen molar-refractivity contribution in [1.29, 1.82) is 0 Å². The Bertz CT molecular complexity index is 863. The van der Waals surface area contributed by atoms with E-state index >= 15 is 0 Å². The first kappa shape index (κ1) is 26.4. The van der Waals surface area contributed by atoms with Crippen LogP contribution in [0.5, 0.6) is 0 Å². The highest BCUT2D eigenvalue weighted by Gasteiger charge is 2.19. The average molecular weight is 457 g/mol. The van der Waals surface area contributed by atoms with Gasteiger partial charge in [0.15, 0.2) is 0 Å². The van der Waals surface area contributed by atoms with Crippen molar-refractivity contribution in [3.63, 3.8) is 0 Å². The molecule has 1 aromatic carbocycles. The number of sulfonamides is 1. The van der Waals surface area contributed by atoms with E-state index in [0.717, 1.165) is 0 Å². The predicted octanol–water partition coefficient (Wildman–Crippen LogP) is 1.15. The number of nitrogens with two attached hydrogens (primary N) is 1. The Balaban J connectivity index is 2.48. The molecule has 31 heavy (non-hydrogen) atoms. The molecule has 10 nitrogen and oxygen atoms in total. The number of unbranched alkanes of at least 4 members (excludes halogenated alkanes) is 1. The molecule has 0 bridgehead atoms. The number of amides is 3. The summed E-state index contributed by atoms with van der Waals surface area (Å²) in [4.78, 5) is 35.5. The van der Waals surface area contributed by atoms with Gasteiger partial charge in [0.2, 0.25) is 21.8 Å². The second-order valence-corrected chi connectivity index (χ2v) is 9.65. The van der Waals surface area contributed by atoms with Crippen molar-refractivity contribution in [3.8, 4) is 0 Å². The molecule has 0 spiro atoms. The summed E-state index contributed by atoms with van der Waals surface area (Å²) in [7, 11) is -3.78. The Kier molecular flexibility index (Phi) is 9.92. The molecule has 1 atom stereocenters. The smallest absolute Gasteiger partial charge is 0.407 e. The van der Waals surface area contributed by atoms with Crippen LogP contribution in [0, 0.1) is 0 Å². The van der Waals surface area contributed by atoms with Gasteiger partial charge in [-0.1, -0.05) is 12.1 Å². The minimum absolute atomic E-state index is 0.0151. The van der Waals surface area contributed by atoms with Gasteiger partial charge in [0.05, 0.1) is 4.90 Å². The first-order chi connectivity index (χ1) is 14.3. The lowest BCUT2D eigenvalue weighted by Gasteiger charge is -2.20. The fourth-order valence-electron chi connectivity index (χ4n) is 2.60. The summed E-state index contributed by atoms with van der Waals surface area (Å²) < 4.78 is 27.7. The molecule has 1 rings (SSSR count). The van der Waals surface area contributed by atoms with Crippen LogP contribution in [0.4, 0.5) is 4.79 Å². The first-order valence-electron chi connectivity index (χ1n) is 9.91. The van der Waals surface area contributed by atoms with Gasteiger partial charge in [0, 0.05) is 20.0 Å². The van der Waals surface area contributed by atoms with Crippen molar-refractivity contribution in [1.82, 2.24) is 16.0 Å². The van der Waals surface area contributed by atoms with Crippen LogP contribution < -0.4 is 21.1 Å². The molecule has 0 saturated carbocycles. The molecular formula is C20H32N4O6S. The summed E-state index contributed by atoms with van der Waals surface area (Å²) in [5.74, 6) is -0.685. The lowest BCUT2D eigenvalue weighted by atomic mass is 10.1. The average Bonchev–Trinajstić information content (AvgIpc) is 2.62. The standard InChI is InChI=1S/C20H32N4O6S/c1-14(25)24-17(7-5-6-12-22-19(27)30-20(2,3)4)18(26)23-13-15-8-10-16(11-9-15)31(21,28)29/h8-11,17H,5-7,12-13H2,1-4H3,(H,22,27)(H,23,26)(H,24,25)(H2,21,28,29). The second kappa shape index (κ2) is 11.7. The predicted molar refractivity (Wildman–Crippen MR) is 115 cm³/mol. The van der Waals surface area contributed by atoms with E-state index in [1.165, 1.54) is 19.1 Å². The zero-order valence-electron chi connectivity index (χ0n) is 18.4. The number of benzene rings is 1. The van der Waals surface area contributed by atoms with Gasteiger partial charge in [-0.25, -0.2) is 18.4 Å². The van der Waals surface area contributed by atoms with Crippen LogP contribution in [0.25, 0.3) is 0 Å². The van der Waals surface area contributed by atoms with Crippen molar-refractivity contribution >= 4 is 27.9 Å². The van der Waals surface area contributed by atoms with Crippen molar-refractivity contribution < 1.29 is 27.5 Å². The third-order valence-electron chi connectivity index (χ3n) is 4.00. The van der Waals surface area contributed by atoms with Gasteiger partial charge in [0.1, 0.15) is 11.6 Å². The van der Waals surface area contributed by atoms with E-state index in [0.29, 0.717) is 31.4 Å². The van der Waals surface area contributed by atoms with Gasteiger partial charge < -0.3 is 20.7 Å². The summed E-state index contributed by atoms with van der Waals surface area (Å²) in [5, 5.41) is 13.0. The van der Waals surface area contributed by atoms with Crippen molar-refractivity contribution in [2.75, 3.05) is 6.54 Å². The van der Waals surface area contributed by atoms with E-state index in [1.54, 1.807) is 32.9 Å². The molecule has 174 valence electrons. The SMILES string of the molecule is CC(=O)NC(CCCCNC(=O)OC(C)(C)C)C(=O)NCc1ccc(S(N)(=O)=O)cc1. The van der Waals surface area contributed by atoms with Gasteiger partial charge in [-0.3, -0.25) is 9.59 Å². The molecule has 0 aliphatic carbocycles. The Morgan fingerprint density at radius 3 is 2.19 bits per heavy atom. The Morgan fingerprint density at radius 1 is 1.06 bits per heavy atom. The van der Waals surface area contributed by atoms with Crippen LogP contribution in [-0.4, -0.2) is 44.5 Å². The highest BCUT2D eigenvalue weighted by molar-refractivity contribution is 7.89. The lowest BCUT2D eigenvalue weighted by Crippen LogP contribution is -2.45. The third-order valence-corrected chi connectivity index (χ3v) is 4.93. The topological polar surface area (TPSA) is 157 Å².